The molecule has 0 amide bonds. The van der Waals surface area contributed by atoms with Crippen LogP contribution in [0.25, 0.3) is 11.0 Å². The molecule has 0 fully saturated rings. The van der Waals surface area contributed by atoms with Crippen molar-refractivity contribution in [2.75, 3.05) is 0 Å². The molecule has 1 N–H and O–H groups in total. The fraction of sp³-hybridized carbons (Fsp3) is 0.385. The molecular formula is C13H15ClN2O2. The lowest BCUT2D eigenvalue weighted by Crippen LogP contribution is -2.03. The lowest BCUT2D eigenvalue weighted by molar-refractivity contribution is -0.137. The van der Waals surface area contributed by atoms with E-state index in [1.807, 2.05) is 25.1 Å². The number of hydrogen-bond acceptors (Lipinski definition) is 2. The summed E-state index contributed by atoms with van der Waals surface area (Å²) in [6.07, 6.45) is 1.45. The number of nitrogens with zero attached hydrogens (tertiary/aromatic N) is 2. The average molecular weight is 267 g/mol. The summed E-state index contributed by atoms with van der Waals surface area (Å²) >= 11 is 5.98. The van der Waals surface area contributed by atoms with E-state index in [0.717, 1.165) is 23.4 Å². The zero-order chi connectivity index (χ0) is 13.1. The topological polar surface area (TPSA) is 55.1 Å². The molecule has 18 heavy (non-hydrogen) atoms. The van der Waals surface area contributed by atoms with Gasteiger partial charge >= 0.3 is 5.97 Å². The van der Waals surface area contributed by atoms with Gasteiger partial charge in [0.15, 0.2) is 0 Å². The molecule has 96 valence electrons. The molecule has 0 radical (unpaired) electrons. The van der Waals surface area contributed by atoms with Gasteiger partial charge in [0.25, 0.3) is 0 Å². The van der Waals surface area contributed by atoms with Crippen LogP contribution in [0.2, 0.25) is 5.02 Å². The Balaban J connectivity index is 2.29. The van der Waals surface area contributed by atoms with Crippen LogP contribution in [-0.4, -0.2) is 20.6 Å². The Morgan fingerprint density at radius 3 is 2.94 bits per heavy atom. The summed E-state index contributed by atoms with van der Waals surface area (Å²) in [5.74, 6) is 0.160. The summed E-state index contributed by atoms with van der Waals surface area (Å²) in [5.41, 5.74) is 1.92. The summed E-state index contributed by atoms with van der Waals surface area (Å²) in [6, 6.07) is 5.61. The van der Waals surface area contributed by atoms with E-state index in [2.05, 4.69) is 9.55 Å². The molecular weight excluding hydrogens is 252 g/mol. The fourth-order valence-corrected chi connectivity index (χ4v) is 2.25. The maximum absolute atomic E-state index is 10.5. The Kier molecular flexibility index (Phi) is 3.87. The molecule has 4 nitrogen and oxygen atoms in total. The van der Waals surface area contributed by atoms with Crippen LogP contribution in [0.3, 0.4) is 0 Å². The number of aryl methyl sites for hydroxylation is 2. The first-order valence-electron chi connectivity index (χ1n) is 5.98. The van der Waals surface area contributed by atoms with Crippen LogP contribution in [0.15, 0.2) is 18.2 Å². The van der Waals surface area contributed by atoms with Gasteiger partial charge in [-0.2, -0.15) is 0 Å². The van der Waals surface area contributed by atoms with Gasteiger partial charge in [-0.25, -0.2) is 4.98 Å². The lowest BCUT2D eigenvalue weighted by Gasteiger charge is -2.05. The Hall–Kier alpha value is -1.55. The minimum absolute atomic E-state index is 0.174. The molecule has 1 aromatic heterocycles. The van der Waals surface area contributed by atoms with Gasteiger partial charge < -0.3 is 9.67 Å². The van der Waals surface area contributed by atoms with Crippen molar-refractivity contribution >= 4 is 28.6 Å². The molecule has 1 heterocycles. The number of imidazole rings is 1. The van der Waals surface area contributed by atoms with E-state index in [0.29, 0.717) is 17.9 Å². The van der Waals surface area contributed by atoms with Crippen molar-refractivity contribution in [2.24, 2.45) is 0 Å². The van der Waals surface area contributed by atoms with Crippen LogP contribution in [-0.2, 0) is 17.8 Å². The number of halogens is 1. The zero-order valence-electron chi connectivity index (χ0n) is 10.2. The highest BCUT2D eigenvalue weighted by molar-refractivity contribution is 6.31. The van der Waals surface area contributed by atoms with E-state index < -0.39 is 5.97 Å². The molecule has 0 saturated carbocycles. The third-order valence-electron chi connectivity index (χ3n) is 2.90. The number of carboxylic acid groups (broad SMARTS) is 1. The van der Waals surface area contributed by atoms with E-state index in [1.165, 1.54) is 0 Å². The zero-order valence-corrected chi connectivity index (χ0v) is 10.9. The average Bonchev–Trinajstić information content (AvgIpc) is 2.65. The van der Waals surface area contributed by atoms with Crippen LogP contribution in [0, 0.1) is 0 Å². The van der Waals surface area contributed by atoms with Crippen molar-refractivity contribution in [3.8, 4) is 0 Å². The van der Waals surface area contributed by atoms with Crippen molar-refractivity contribution in [2.45, 2.75) is 32.7 Å². The standard InChI is InChI=1S/C13H15ClN2O2/c1-2-16-11-8-9(14)6-7-10(11)15-12(16)4-3-5-13(17)18/h6-8H,2-5H2,1H3,(H,17,18). The van der Waals surface area contributed by atoms with Gasteiger partial charge in [0.05, 0.1) is 11.0 Å². The summed E-state index contributed by atoms with van der Waals surface area (Å²) in [4.78, 5) is 15.0. The second kappa shape index (κ2) is 5.40. The monoisotopic (exact) mass is 266 g/mol. The van der Waals surface area contributed by atoms with Gasteiger partial charge in [-0.1, -0.05) is 11.6 Å². The maximum atomic E-state index is 10.5. The van der Waals surface area contributed by atoms with E-state index in [1.54, 1.807) is 0 Å². The molecule has 1 aromatic carbocycles. The first-order chi connectivity index (χ1) is 8.61. The first-order valence-corrected chi connectivity index (χ1v) is 6.36. The number of carboxylic acids is 1. The van der Waals surface area contributed by atoms with Gasteiger partial charge in [0.2, 0.25) is 0 Å². The third-order valence-corrected chi connectivity index (χ3v) is 3.13. The molecule has 0 unspecified atom stereocenters. The van der Waals surface area contributed by atoms with Crippen LogP contribution >= 0.6 is 11.6 Å². The minimum Gasteiger partial charge on any atom is -0.481 e. The maximum Gasteiger partial charge on any atom is 0.303 e. The van der Waals surface area contributed by atoms with Crippen LogP contribution < -0.4 is 0 Å². The molecule has 5 heteroatoms. The summed E-state index contributed by atoms with van der Waals surface area (Å²) in [7, 11) is 0. The largest absolute Gasteiger partial charge is 0.481 e. The number of aliphatic carboxylic acids is 1. The normalized spacial score (nSPS) is 11.0. The van der Waals surface area contributed by atoms with Gasteiger partial charge in [-0.3, -0.25) is 4.79 Å². The number of aromatic nitrogens is 2. The summed E-state index contributed by atoms with van der Waals surface area (Å²) in [6.45, 7) is 2.85. The quantitative estimate of drug-likeness (QED) is 0.905. The fourth-order valence-electron chi connectivity index (χ4n) is 2.09. The number of benzene rings is 1. The van der Waals surface area contributed by atoms with E-state index in [-0.39, 0.29) is 6.42 Å². The Morgan fingerprint density at radius 1 is 1.50 bits per heavy atom. The molecule has 0 saturated heterocycles. The molecule has 0 aliphatic rings. The van der Waals surface area contributed by atoms with Crippen molar-refractivity contribution in [1.82, 2.24) is 9.55 Å². The Labute approximate surface area is 110 Å². The minimum atomic E-state index is -0.766. The SMILES string of the molecule is CCn1c(CCCC(=O)O)nc2ccc(Cl)cc21. The van der Waals surface area contributed by atoms with E-state index in [9.17, 15) is 4.79 Å². The number of hydrogen-bond donors (Lipinski definition) is 1. The molecule has 2 aromatic rings. The molecule has 0 bridgehead atoms. The predicted octanol–water partition coefficient (Wildman–Crippen LogP) is 3.12. The highest BCUT2D eigenvalue weighted by Gasteiger charge is 2.10. The van der Waals surface area contributed by atoms with Crippen LogP contribution in [0.1, 0.15) is 25.6 Å². The Bertz CT molecular complexity index is 578. The van der Waals surface area contributed by atoms with E-state index >= 15 is 0 Å². The Morgan fingerprint density at radius 2 is 2.28 bits per heavy atom. The van der Waals surface area contributed by atoms with Gasteiger partial charge in [-0.05, 0) is 31.5 Å². The van der Waals surface area contributed by atoms with Gasteiger partial charge in [-0.15, -0.1) is 0 Å². The highest BCUT2D eigenvalue weighted by Crippen LogP contribution is 2.21. The second-order valence-electron chi connectivity index (χ2n) is 4.15. The number of fused-ring (bicyclic) bond motifs is 1. The lowest BCUT2D eigenvalue weighted by atomic mass is 10.2. The number of carbonyl (C=O) groups is 1. The molecule has 0 aliphatic heterocycles. The van der Waals surface area contributed by atoms with E-state index in [4.69, 9.17) is 16.7 Å². The molecule has 0 spiro atoms. The number of rotatable bonds is 5. The third kappa shape index (κ3) is 2.64. The second-order valence-corrected chi connectivity index (χ2v) is 4.59. The molecule has 2 rings (SSSR count). The van der Waals surface area contributed by atoms with Crippen molar-refractivity contribution < 1.29 is 9.90 Å². The van der Waals surface area contributed by atoms with Crippen LogP contribution in [0.5, 0.6) is 0 Å². The van der Waals surface area contributed by atoms with Crippen LogP contribution in [0.4, 0.5) is 0 Å². The molecule has 0 aliphatic carbocycles. The highest BCUT2D eigenvalue weighted by atomic mass is 35.5. The summed E-state index contributed by atoms with van der Waals surface area (Å²) < 4.78 is 2.09. The summed E-state index contributed by atoms with van der Waals surface area (Å²) in [5, 5.41) is 9.34. The smallest absolute Gasteiger partial charge is 0.303 e. The first kappa shape index (κ1) is 12.9. The predicted molar refractivity (Wildman–Crippen MR) is 71.0 cm³/mol. The molecule has 0 atom stereocenters. The van der Waals surface area contributed by atoms with Gasteiger partial charge in [0.1, 0.15) is 5.82 Å². The van der Waals surface area contributed by atoms with Crippen molar-refractivity contribution in [1.29, 1.82) is 0 Å². The van der Waals surface area contributed by atoms with Gasteiger partial charge in [0, 0.05) is 24.4 Å². The van der Waals surface area contributed by atoms with Crippen molar-refractivity contribution in [3.63, 3.8) is 0 Å². The van der Waals surface area contributed by atoms with Crippen molar-refractivity contribution in [3.05, 3.63) is 29.0 Å².